The van der Waals surface area contributed by atoms with Gasteiger partial charge in [-0.3, -0.25) is 9.20 Å². The van der Waals surface area contributed by atoms with Gasteiger partial charge in [0.05, 0.1) is 17.2 Å². The van der Waals surface area contributed by atoms with E-state index in [0.29, 0.717) is 29.0 Å². The van der Waals surface area contributed by atoms with Gasteiger partial charge in [0.25, 0.3) is 5.56 Å². The lowest BCUT2D eigenvalue weighted by atomic mass is 9.62. The lowest BCUT2D eigenvalue weighted by Crippen LogP contribution is -2.65. The minimum atomic E-state index is -0.530. The molecular formula is C24H24F2N6O2. The average molecular weight is 466 g/mol. The van der Waals surface area contributed by atoms with Crippen LogP contribution >= 0.6 is 0 Å². The van der Waals surface area contributed by atoms with Crippen molar-refractivity contribution in [3.63, 3.8) is 0 Å². The number of aromatic nitrogens is 4. The molecule has 0 radical (unpaired) electrons. The summed E-state index contributed by atoms with van der Waals surface area (Å²) in [5, 5.41) is 11.4. The monoisotopic (exact) mass is 466 g/mol. The second-order valence-corrected chi connectivity index (χ2v) is 9.48. The number of rotatable bonds is 6. The predicted octanol–water partition coefficient (Wildman–Crippen LogP) is 2.81. The first-order valence-electron chi connectivity index (χ1n) is 11.3. The van der Waals surface area contributed by atoms with Crippen molar-refractivity contribution in [2.45, 2.75) is 18.9 Å². The Labute approximate surface area is 193 Å². The molecule has 0 atom stereocenters. The van der Waals surface area contributed by atoms with Crippen LogP contribution in [0.15, 0.2) is 47.8 Å². The van der Waals surface area contributed by atoms with Crippen LogP contribution in [0.5, 0.6) is 5.75 Å². The zero-order valence-electron chi connectivity index (χ0n) is 18.7. The Kier molecular flexibility index (Phi) is 4.80. The molecule has 1 aliphatic carbocycles. The third-order valence-corrected chi connectivity index (χ3v) is 7.01. The molecule has 2 aliphatic rings. The number of halogens is 2. The van der Waals surface area contributed by atoms with Crippen LogP contribution in [0.3, 0.4) is 0 Å². The molecule has 0 amide bonds. The summed E-state index contributed by atoms with van der Waals surface area (Å²) >= 11 is 0. The number of nitrogens with zero attached hydrogens (tertiary/aromatic N) is 5. The minimum Gasteiger partial charge on any atom is -0.490 e. The smallest absolute Gasteiger partial charge is 0.261 e. The molecule has 6 rings (SSSR count). The summed E-state index contributed by atoms with van der Waals surface area (Å²) in [5.74, 6) is -0.309. The van der Waals surface area contributed by atoms with Gasteiger partial charge >= 0.3 is 0 Å². The number of hydrogen-bond acceptors (Lipinski definition) is 6. The lowest BCUT2D eigenvalue weighted by Gasteiger charge is -2.58. The van der Waals surface area contributed by atoms with E-state index < -0.39 is 5.82 Å². The molecule has 1 saturated carbocycles. The van der Waals surface area contributed by atoms with Crippen LogP contribution < -0.4 is 15.6 Å². The summed E-state index contributed by atoms with van der Waals surface area (Å²) in [5.41, 5.74) is 0.910. The maximum absolute atomic E-state index is 14.2. The Morgan fingerprint density at radius 3 is 2.85 bits per heavy atom. The van der Waals surface area contributed by atoms with Crippen LogP contribution in [0.1, 0.15) is 12.8 Å². The van der Waals surface area contributed by atoms with E-state index >= 15 is 0 Å². The summed E-state index contributed by atoms with van der Waals surface area (Å²) in [6.45, 7) is 3.40. The highest BCUT2D eigenvalue weighted by Crippen LogP contribution is 2.49. The maximum Gasteiger partial charge on any atom is 0.261 e. The first-order valence-corrected chi connectivity index (χ1v) is 11.3. The fraction of sp³-hybridized carbons (Fsp3) is 0.375. The van der Waals surface area contributed by atoms with Gasteiger partial charge in [-0.15, -0.1) is 10.2 Å². The molecule has 10 heteroatoms. The van der Waals surface area contributed by atoms with Crippen molar-refractivity contribution in [1.29, 1.82) is 0 Å². The number of benzene rings is 1. The molecule has 8 nitrogen and oxygen atoms in total. The average Bonchev–Trinajstić information content (AvgIpc) is 3.21. The SMILES string of the molecule is Cn1ccc2c(OC3CC4(C3)CN(CCNc3cc5nncn5cc3F)C4)ccc(F)c2c1=O. The van der Waals surface area contributed by atoms with Crippen LogP contribution in [0.4, 0.5) is 14.5 Å². The zero-order valence-corrected chi connectivity index (χ0v) is 18.7. The van der Waals surface area contributed by atoms with Gasteiger partial charge in [-0.1, -0.05) is 0 Å². The summed E-state index contributed by atoms with van der Waals surface area (Å²) in [6.07, 6.45) is 6.39. The van der Waals surface area contributed by atoms with Crippen molar-refractivity contribution in [1.82, 2.24) is 24.1 Å². The molecule has 1 N–H and O–H groups in total. The van der Waals surface area contributed by atoms with E-state index in [4.69, 9.17) is 4.74 Å². The first kappa shape index (κ1) is 21.0. The third-order valence-electron chi connectivity index (χ3n) is 7.01. The van der Waals surface area contributed by atoms with Crippen LogP contribution in [0, 0.1) is 17.0 Å². The molecule has 0 bridgehead atoms. The van der Waals surface area contributed by atoms with Gasteiger partial charge in [0, 0.05) is 62.5 Å². The van der Waals surface area contributed by atoms with Crippen molar-refractivity contribution in [2.24, 2.45) is 12.5 Å². The Morgan fingerprint density at radius 2 is 2.03 bits per heavy atom. The van der Waals surface area contributed by atoms with Crippen molar-refractivity contribution >= 4 is 22.1 Å². The Hall–Kier alpha value is -3.53. The Bertz CT molecular complexity index is 1450. The number of fused-ring (bicyclic) bond motifs is 2. The summed E-state index contributed by atoms with van der Waals surface area (Å²) in [6, 6.07) is 6.29. The number of likely N-dealkylation sites (tertiary alicyclic amines) is 1. The largest absolute Gasteiger partial charge is 0.490 e. The molecule has 34 heavy (non-hydrogen) atoms. The zero-order chi connectivity index (χ0) is 23.4. The normalized spacial score (nSPS) is 17.7. The molecule has 2 fully saturated rings. The molecule has 1 spiro atoms. The van der Waals surface area contributed by atoms with Gasteiger partial charge < -0.3 is 19.5 Å². The third kappa shape index (κ3) is 3.49. The van der Waals surface area contributed by atoms with E-state index in [1.807, 2.05) is 0 Å². The highest BCUT2D eigenvalue weighted by molar-refractivity contribution is 5.88. The highest BCUT2D eigenvalue weighted by atomic mass is 19.1. The van der Waals surface area contributed by atoms with Crippen LogP contribution in [0.2, 0.25) is 0 Å². The highest BCUT2D eigenvalue weighted by Gasteiger charge is 2.53. The van der Waals surface area contributed by atoms with E-state index in [0.717, 1.165) is 32.5 Å². The second kappa shape index (κ2) is 7.76. The summed E-state index contributed by atoms with van der Waals surface area (Å²) in [7, 11) is 1.61. The molecule has 1 aromatic carbocycles. The van der Waals surface area contributed by atoms with E-state index in [-0.39, 0.29) is 28.3 Å². The fourth-order valence-corrected chi connectivity index (χ4v) is 5.31. The number of nitrogens with one attached hydrogen (secondary N) is 1. The molecule has 1 saturated heterocycles. The number of anilines is 1. The fourth-order valence-electron chi connectivity index (χ4n) is 5.31. The quantitative estimate of drug-likeness (QED) is 0.471. The molecule has 1 aliphatic heterocycles. The van der Waals surface area contributed by atoms with Crippen molar-refractivity contribution in [2.75, 3.05) is 31.5 Å². The molecule has 0 unspecified atom stereocenters. The predicted molar refractivity (Wildman–Crippen MR) is 123 cm³/mol. The van der Waals surface area contributed by atoms with Gasteiger partial charge in [0.2, 0.25) is 0 Å². The standard InChI is InChI=1S/C24H24F2N6O2/c1-30-6-4-16-20(3-2-17(25)22(16)23(30)33)34-15-9-24(10-15)12-31(13-24)7-5-27-19-8-21-29-28-14-32(21)11-18(19)26/h2-4,6,8,11,14-15,27H,5,7,9-10,12-13H2,1H3. The second-order valence-electron chi connectivity index (χ2n) is 9.48. The molecular weight excluding hydrogens is 442 g/mol. The first-order chi connectivity index (χ1) is 16.4. The van der Waals surface area contributed by atoms with Gasteiger partial charge in [-0.05, 0) is 31.0 Å². The maximum atomic E-state index is 14.2. The van der Waals surface area contributed by atoms with Gasteiger partial charge in [0.1, 0.15) is 17.9 Å². The number of aryl methyl sites for hydroxylation is 1. The van der Waals surface area contributed by atoms with Gasteiger partial charge in [-0.25, -0.2) is 8.78 Å². The van der Waals surface area contributed by atoms with E-state index in [9.17, 15) is 13.6 Å². The van der Waals surface area contributed by atoms with Gasteiger partial charge in [0.15, 0.2) is 11.5 Å². The van der Waals surface area contributed by atoms with Crippen molar-refractivity contribution in [3.05, 3.63) is 65.0 Å². The molecule has 4 heterocycles. The topological polar surface area (TPSA) is 76.7 Å². The van der Waals surface area contributed by atoms with E-state index in [1.165, 1.54) is 23.2 Å². The van der Waals surface area contributed by atoms with Crippen LogP contribution in [0.25, 0.3) is 16.4 Å². The number of ether oxygens (including phenoxy) is 1. The Balaban J connectivity index is 1.01. The number of pyridine rings is 2. The van der Waals surface area contributed by atoms with E-state index in [2.05, 4.69) is 20.4 Å². The summed E-state index contributed by atoms with van der Waals surface area (Å²) in [4.78, 5) is 14.7. The molecule has 4 aromatic rings. The number of hydrogen-bond donors (Lipinski definition) is 1. The minimum absolute atomic E-state index is 0.0574. The molecule has 176 valence electrons. The lowest BCUT2D eigenvalue weighted by molar-refractivity contribution is -0.117. The van der Waals surface area contributed by atoms with Crippen molar-refractivity contribution < 1.29 is 13.5 Å². The van der Waals surface area contributed by atoms with Crippen molar-refractivity contribution in [3.8, 4) is 5.75 Å². The van der Waals surface area contributed by atoms with Gasteiger partial charge in [-0.2, -0.15) is 0 Å². The van der Waals surface area contributed by atoms with Crippen LogP contribution in [-0.4, -0.2) is 56.3 Å². The van der Waals surface area contributed by atoms with E-state index in [1.54, 1.807) is 35.8 Å². The Morgan fingerprint density at radius 1 is 1.21 bits per heavy atom. The molecule has 3 aromatic heterocycles. The summed E-state index contributed by atoms with van der Waals surface area (Å²) < 4.78 is 37.5. The van der Waals surface area contributed by atoms with Crippen LogP contribution in [-0.2, 0) is 7.05 Å².